The smallest absolute Gasteiger partial charge is 0.276 e. The van der Waals surface area contributed by atoms with Crippen LogP contribution in [0.4, 0.5) is 4.39 Å². The molecule has 1 aliphatic rings. The Balaban J connectivity index is 1.41. The minimum absolute atomic E-state index is 0.0738. The van der Waals surface area contributed by atoms with Gasteiger partial charge in [0.05, 0.1) is 24.6 Å². The fraction of sp³-hybridized carbons (Fsp3) is 0.222. The summed E-state index contributed by atoms with van der Waals surface area (Å²) in [6.07, 6.45) is 5.42. The molecule has 1 aliphatic heterocycles. The first-order valence-electron chi connectivity index (χ1n) is 8.23. The molecule has 1 atom stereocenters. The quantitative estimate of drug-likeness (QED) is 0.718. The number of aromatic nitrogens is 4. The van der Waals surface area contributed by atoms with Crippen molar-refractivity contribution < 1.29 is 13.9 Å². The highest BCUT2D eigenvalue weighted by Gasteiger charge is 2.29. The van der Waals surface area contributed by atoms with Gasteiger partial charge in [-0.2, -0.15) is 9.90 Å². The number of hydrogen-bond acceptors (Lipinski definition) is 5. The lowest BCUT2D eigenvalue weighted by Crippen LogP contribution is -2.31. The second kappa shape index (κ2) is 6.91. The van der Waals surface area contributed by atoms with Crippen molar-refractivity contribution in [2.45, 2.75) is 12.5 Å². The molecule has 1 aromatic carbocycles. The molecule has 0 saturated carbocycles. The third kappa shape index (κ3) is 3.39. The molecule has 0 bridgehead atoms. The van der Waals surface area contributed by atoms with Gasteiger partial charge in [-0.3, -0.25) is 9.78 Å². The molecule has 0 N–H and O–H groups in total. The summed E-state index contributed by atoms with van der Waals surface area (Å²) in [5.41, 5.74) is 0.834. The Kier molecular flexibility index (Phi) is 4.30. The third-order valence-electron chi connectivity index (χ3n) is 4.14. The van der Waals surface area contributed by atoms with Gasteiger partial charge in [-0.1, -0.05) is 0 Å². The van der Waals surface area contributed by atoms with E-state index in [0.717, 1.165) is 6.42 Å². The highest BCUT2D eigenvalue weighted by atomic mass is 19.1. The van der Waals surface area contributed by atoms with Gasteiger partial charge in [-0.05, 0) is 36.4 Å². The van der Waals surface area contributed by atoms with Crippen molar-refractivity contribution in [3.8, 4) is 11.4 Å². The number of carbonyl (C=O) groups excluding carboxylic acids is 1. The minimum Gasteiger partial charge on any atom is -0.487 e. The van der Waals surface area contributed by atoms with Crippen LogP contribution >= 0.6 is 0 Å². The zero-order valence-electron chi connectivity index (χ0n) is 13.8. The Morgan fingerprint density at radius 1 is 1.19 bits per heavy atom. The molecular weight excluding hydrogens is 337 g/mol. The van der Waals surface area contributed by atoms with Crippen LogP contribution in [0.15, 0.2) is 55.0 Å². The molecule has 2 aromatic heterocycles. The van der Waals surface area contributed by atoms with Gasteiger partial charge >= 0.3 is 0 Å². The van der Waals surface area contributed by atoms with Crippen LogP contribution in [0.2, 0.25) is 0 Å². The van der Waals surface area contributed by atoms with Crippen molar-refractivity contribution in [1.82, 2.24) is 24.9 Å². The van der Waals surface area contributed by atoms with Gasteiger partial charge in [0.25, 0.3) is 5.91 Å². The molecule has 8 heteroatoms. The van der Waals surface area contributed by atoms with Gasteiger partial charge in [0.15, 0.2) is 5.69 Å². The van der Waals surface area contributed by atoms with Crippen molar-refractivity contribution in [2.75, 3.05) is 13.1 Å². The van der Waals surface area contributed by atoms with E-state index in [0.29, 0.717) is 24.5 Å². The van der Waals surface area contributed by atoms with Gasteiger partial charge in [0.1, 0.15) is 17.7 Å². The Hall–Kier alpha value is -3.29. The first-order valence-corrected chi connectivity index (χ1v) is 8.23. The van der Waals surface area contributed by atoms with Crippen LogP contribution in [0.3, 0.4) is 0 Å². The lowest BCUT2D eigenvalue weighted by atomic mass is 10.3. The van der Waals surface area contributed by atoms with Crippen LogP contribution in [0.5, 0.6) is 5.75 Å². The number of rotatable bonds is 4. The Bertz CT molecular complexity index is 897. The summed E-state index contributed by atoms with van der Waals surface area (Å²) in [6, 6.07) is 9.39. The predicted molar refractivity (Wildman–Crippen MR) is 90.5 cm³/mol. The Morgan fingerprint density at radius 2 is 2.04 bits per heavy atom. The van der Waals surface area contributed by atoms with Gasteiger partial charge in [0, 0.05) is 19.2 Å². The van der Waals surface area contributed by atoms with E-state index < -0.39 is 0 Å². The summed E-state index contributed by atoms with van der Waals surface area (Å²) in [6.45, 7) is 1.07. The molecule has 7 nitrogen and oxygen atoms in total. The number of benzene rings is 1. The topological polar surface area (TPSA) is 73.1 Å². The van der Waals surface area contributed by atoms with Gasteiger partial charge in [0.2, 0.25) is 0 Å². The standard InChI is InChI=1S/C18H16FN5O2/c19-13-3-5-14(6-4-13)24-21-11-17(22-24)18(25)23-9-7-16(12-23)26-15-2-1-8-20-10-15/h1-6,8,10-11,16H,7,9,12H2. The highest BCUT2D eigenvalue weighted by Crippen LogP contribution is 2.19. The summed E-state index contributed by atoms with van der Waals surface area (Å²) < 4.78 is 18.9. The van der Waals surface area contributed by atoms with Crippen LogP contribution in [0.1, 0.15) is 16.9 Å². The first kappa shape index (κ1) is 16.2. The molecule has 1 amide bonds. The fourth-order valence-corrected chi connectivity index (χ4v) is 2.84. The zero-order valence-corrected chi connectivity index (χ0v) is 13.8. The molecule has 0 radical (unpaired) electrons. The summed E-state index contributed by atoms with van der Waals surface area (Å²) >= 11 is 0. The second-order valence-corrected chi connectivity index (χ2v) is 5.96. The maximum atomic E-state index is 13.0. The molecule has 0 spiro atoms. The molecule has 1 unspecified atom stereocenters. The monoisotopic (exact) mass is 353 g/mol. The first-order chi connectivity index (χ1) is 12.7. The van der Waals surface area contributed by atoms with Crippen molar-refractivity contribution in [3.63, 3.8) is 0 Å². The number of ether oxygens (including phenoxy) is 1. The van der Waals surface area contributed by atoms with Crippen molar-refractivity contribution in [3.05, 3.63) is 66.5 Å². The Morgan fingerprint density at radius 3 is 2.81 bits per heavy atom. The highest BCUT2D eigenvalue weighted by molar-refractivity contribution is 5.92. The number of pyridine rings is 1. The summed E-state index contributed by atoms with van der Waals surface area (Å²) in [4.78, 5) is 19.6. The molecule has 3 heterocycles. The average molecular weight is 353 g/mol. The Labute approximate surface area is 149 Å². The summed E-state index contributed by atoms with van der Waals surface area (Å²) in [5, 5.41) is 8.30. The lowest BCUT2D eigenvalue weighted by Gasteiger charge is -2.15. The molecule has 1 fully saturated rings. The zero-order chi connectivity index (χ0) is 17.9. The number of likely N-dealkylation sites (tertiary alicyclic amines) is 1. The maximum Gasteiger partial charge on any atom is 0.276 e. The van der Waals surface area contributed by atoms with E-state index in [1.165, 1.54) is 23.1 Å². The van der Waals surface area contributed by atoms with E-state index in [9.17, 15) is 9.18 Å². The average Bonchev–Trinajstić information content (AvgIpc) is 3.33. The van der Waals surface area contributed by atoms with Crippen LogP contribution in [-0.2, 0) is 0 Å². The largest absolute Gasteiger partial charge is 0.487 e. The summed E-state index contributed by atoms with van der Waals surface area (Å²) in [7, 11) is 0. The van der Waals surface area contributed by atoms with E-state index in [1.807, 2.05) is 6.07 Å². The van der Waals surface area contributed by atoms with Gasteiger partial charge < -0.3 is 9.64 Å². The normalized spacial score (nSPS) is 16.7. The van der Waals surface area contributed by atoms with Crippen LogP contribution in [0, 0.1) is 5.82 Å². The SMILES string of the molecule is O=C(c1cnn(-c2ccc(F)cc2)n1)N1CCC(Oc2cccnc2)C1. The summed E-state index contributed by atoms with van der Waals surface area (Å²) in [5.74, 6) is 0.152. The molecule has 3 aromatic rings. The molecular formula is C18H16FN5O2. The van der Waals surface area contributed by atoms with E-state index in [1.54, 1.807) is 35.5 Å². The molecule has 26 heavy (non-hydrogen) atoms. The van der Waals surface area contributed by atoms with Gasteiger partial charge in [-0.15, -0.1) is 5.10 Å². The van der Waals surface area contributed by atoms with Crippen molar-refractivity contribution in [2.24, 2.45) is 0 Å². The van der Waals surface area contributed by atoms with E-state index in [4.69, 9.17) is 4.74 Å². The van der Waals surface area contributed by atoms with E-state index in [2.05, 4.69) is 15.2 Å². The number of amides is 1. The number of carbonyl (C=O) groups is 1. The molecule has 1 saturated heterocycles. The van der Waals surface area contributed by atoms with E-state index in [-0.39, 0.29) is 23.5 Å². The molecule has 132 valence electrons. The van der Waals surface area contributed by atoms with E-state index >= 15 is 0 Å². The van der Waals surface area contributed by atoms with Crippen molar-refractivity contribution in [1.29, 1.82) is 0 Å². The predicted octanol–water partition coefficient (Wildman–Crippen LogP) is 2.09. The third-order valence-corrected chi connectivity index (χ3v) is 4.14. The molecule has 4 rings (SSSR count). The van der Waals surface area contributed by atoms with Crippen LogP contribution in [-0.4, -0.2) is 50.0 Å². The maximum absolute atomic E-state index is 13.0. The van der Waals surface area contributed by atoms with Crippen molar-refractivity contribution >= 4 is 5.91 Å². The lowest BCUT2D eigenvalue weighted by molar-refractivity contribution is 0.0766. The number of hydrogen-bond donors (Lipinski definition) is 0. The second-order valence-electron chi connectivity index (χ2n) is 5.96. The molecule has 0 aliphatic carbocycles. The number of nitrogens with zero attached hydrogens (tertiary/aromatic N) is 5. The number of halogens is 1. The van der Waals surface area contributed by atoms with Gasteiger partial charge in [-0.25, -0.2) is 4.39 Å². The fourth-order valence-electron chi connectivity index (χ4n) is 2.84. The van der Waals surface area contributed by atoms with Crippen LogP contribution in [0.25, 0.3) is 5.69 Å². The van der Waals surface area contributed by atoms with Crippen LogP contribution < -0.4 is 4.74 Å². The minimum atomic E-state index is -0.339.